The summed E-state index contributed by atoms with van der Waals surface area (Å²) in [7, 11) is 0. The lowest BCUT2D eigenvalue weighted by molar-refractivity contribution is -0.123. The van der Waals surface area contributed by atoms with Crippen LogP contribution in [-0.2, 0) is 11.3 Å². The summed E-state index contributed by atoms with van der Waals surface area (Å²) in [6.07, 6.45) is 2.24. The number of amides is 2. The SMILES string of the molecule is O=C(NCc1ccc2c(c1)OCO2)c1cccc(N2C(=O)C3CCC(Cl)CC3NC2=S)c1. The van der Waals surface area contributed by atoms with Gasteiger partial charge in [-0.25, -0.2) is 0 Å². The zero-order valence-corrected chi connectivity index (χ0v) is 18.7. The number of ether oxygens (including phenoxy) is 2. The van der Waals surface area contributed by atoms with Crippen molar-refractivity contribution in [2.75, 3.05) is 11.7 Å². The number of carbonyl (C=O) groups is 2. The molecule has 166 valence electrons. The highest BCUT2D eigenvalue weighted by molar-refractivity contribution is 7.80. The highest BCUT2D eigenvalue weighted by Crippen LogP contribution is 2.34. The Morgan fingerprint density at radius 3 is 2.91 bits per heavy atom. The molecular formula is C23H22ClN3O4S. The van der Waals surface area contributed by atoms with Crippen LogP contribution < -0.4 is 25.0 Å². The predicted octanol–water partition coefficient (Wildman–Crippen LogP) is 3.34. The van der Waals surface area contributed by atoms with Crippen molar-refractivity contribution in [3.05, 3.63) is 53.6 Å². The molecule has 1 saturated carbocycles. The molecule has 32 heavy (non-hydrogen) atoms. The number of nitrogens with zero attached hydrogens (tertiary/aromatic N) is 1. The van der Waals surface area contributed by atoms with Crippen molar-refractivity contribution in [3.63, 3.8) is 0 Å². The van der Waals surface area contributed by atoms with Crippen LogP contribution in [0.5, 0.6) is 11.5 Å². The maximum absolute atomic E-state index is 13.2. The van der Waals surface area contributed by atoms with Gasteiger partial charge in [0.2, 0.25) is 12.7 Å². The van der Waals surface area contributed by atoms with Gasteiger partial charge < -0.3 is 20.1 Å². The number of rotatable bonds is 4. The molecule has 2 N–H and O–H groups in total. The van der Waals surface area contributed by atoms with E-state index < -0.39 is 0 Å². The van der Waals surface area contributed by atoms with Crippen molar-refractivity contribution >= 4 is 46.4 Å². The Hall–Kier alpha value is -2.84. The molecule has 9 heteroatoms. The lowest BCUT2D eigenvalue weighted by atomic mass is 9.82. The van der Waals surface area contributed by atoms with E-state index in [-0.39, 0.29) is 35.9 Å². The number of fused-ring (bicyclic) bond motifs is 2. The van der Waals surface area contributed by atoms with Gasteiger partial charge in [0.15, 0.2) is 16.6 Å². The van der Waals surface area contributed by atoms with Crippen molar-refractivity contribution in [1.82, 2.24) is 10.6 Å². The number of hydrogen-bond acceptors (Lipinski definition) is 5. The van der Waals surface area contributed by atoms with Crippen molar-refractivity contribution in [1.29, 1.82) is 0 Å². The van der Waals surface area contributed by atoms with Crippen LogP contribution in [0.15, 0.2) is 42.5 Å². The average Bonchev–Trinajstić information content (AvgIpc) is 3.25. The topological polar surface area (TPSA) is 79.9 Å². The highest BCUT2D eigenvalue weighted by atomic mass is 35.5. The number of nitrogens with one attached hydrogen (secondary N) is 2. The Balaban J connectivity index is 1.29. The first kappa shape index (κ1) is 21.0. The Labute approximate surface area is 196 Å². The molecule has 0 aromatic heterocycles. The van der Waals surface area contributed by atoms with Gasteiger partial charge in [-0.2, -0.15) is 0 Å². The Bertz CT molecular complexity index is 1090. The molecule has 2 fully saturated rings. The van der Waals surface area contributed by atoms with E-state index in [1.54, 1.807) is 24.3 Å². The van der Waals surface area contributed by atoms with Gasteiger partial charge in [-0.05, 0) is 67.4 Å². The minimum Gasteiger partial charge on any atom is -0.454 e. The largest absolute Gasteiger partial charge is 0.454 e. The summed E-state index contributed by atoms with van der Waals surface area (Å²) in [5.41, 5.74) is 1.93. The summed E-state index contributed by atoms with van der Waals surface area (Å²) in [6.45, 7) is 0.545. The number of benzene rings is 2. The van der Waals surface area contributed by atoms with E-state index in [1.807, 2.05) is 18.2 Å². The van der Waals surface area contributed by atoms with Gasteiger partial charge in [-0.3, -0.25) is 14.5 Å². The van der Waals surface area contributed by atoms with Crippen molar-refractivity contribution in [2.24, 2.45) is 5.92 Å². The second-order valence-corrected chi connectivity index (χ2v) is 9.17. The van der Waals surface area contributed by atoms with E-state index in [0.29, 0.717) is 40.8 Å². The zero-order chi connectivity index (χ0) is 22.2. The number of anilines is 1. The number of hydrogen-bond donors (Lipinski definition) is 2. The molecule has 0 spiro atoms. The molecule has 0 radical (unpaired) electrons. The molecule has 1 aliphatic carbocycles. The minimum atomic E-state index is -0.242. The summed E-state index contributed by atoms with van der Waals surface area (Å²) >= 11 is 11.8. The summed E-state index contributed by atoms with van der Waals surface area (Å²) in [5.74, 6) is 0.920. The first-order chi connectivity index (χ1) is 15.5. The third-order valence-electron chi connectivity index (χ3n) is 6.09. The molecular weight excluding hydrogens is 450 g/mol. The van der Waals surface area contributed by atoms with Crippen LogP contribution in [0.4, 0.5) is 5.69 Å². The van der Waals surface area contributed by atoms with Crippen LogP contribution in [0.2, 0.25) is 0 Å². The molecule has 7 nitrogen and oxygen atoms in total. The van der Waals surface area contributed by atoms with Gasteiger partial charge >= 0.3 is 0 Å². The monoisotopic (exact) mass is 471 g/mol. The molecule has 1 saturated heterocycles. The van der Waals surface area contributed by atoms with Crippen LogP contribution in [-0.4, -0.2) is 35.1 Å². The van der Waals surface area contributed by atoms with E-state index in [9.17, 15) is 9.59 Å². The third kappa shape index (κ3) is 4.00. The van der Waals surface area contributed by atoms with E-state index >= 15 is 0 Å². The fraction of sp³-hybridized carbons (Fsp3) is 0.348. The molecule has 2 heterocycles. The molecule has 2 aliphatic heterocycles. The fourth-order valence-corrected chi connectivity index (χ4v) is 5.09. The van der Waals surface area contributed by atoms with Crippen LogP contribution >= 0.6 is 23.8 Å². The molecule has 2 amide bonds. The van der Waals surface area contributed by atoms with E-state index in [0.717, 1.165) is 18.4 Å². The fourth-order valence-electron chi connectivity index (χ4n) is 4.43. The van der Waals surface area contributed by atoms with Gasteiger partial charge in [0.25, 0.3) is 5.91 Å². The molecule has 2 aromatic carbocycles. The first-order valence-corrected chi connectivity index (χ1v) is 11.4. The lowest BCUT2D eigenvalue weighted by Crippen LogP contribution is -2.61. The molecule has 3 aliphatic rings. The Morgan fingerprint density at radius 2 is 2.03 bits per heavy atom. The number of carbonyl (C=O) groups excluding carboxylic acids is 2. The van der Waals surface area contributed by atoms with Crippen molar-refractivity contribution in [2.45, 2.75) is 37.2 Å². The maximum Gasteiger partial charge on any atom is 0.251 e. The first-order valence-electron chi connectivity index (χ1n) is 10.5. The minimum absolute atomic E-state index is 0.0318. The lowest BCUT2D eigenvalue weighted by Gasteiger charge is -2.42. The zero-order valence-electron chi connectivity index (χ0n) is 17.2. The summed E-state index contributed by atoms with van der Waals surface area (Å²) in [4.78, 5) is 27.5. The summed E-state index contributed by atoms with van der Waals surface area (Å²) < 4.78 is 10.7. The average molecular weight is 472 g/mol. The van der Waals surface area contributed by atoms with E-state index in [4.69, 9.17) is 33.3 Å². The quantitative estimate of drug-likeness (QED) is 0.526. The second-order valence-electron chi connectivity index (χ2n) is 8.17. The molecule has 5 rings (SSSR count). The van der Waals surface area contributed by atoms with Crippen LogP contribution in [0.3, 0.4) is 0 Å². The van der Waals surface area contributed by atoms with Gasteiger partial charge in [0.1, 0.15) is 0 Å². The van der Waals surface area contributed by atoms with Gasteiger partial charge in [0, 0.05) is 23.5 Å². The number of halogens is 1. The van der Waals surface area contributed by atoms with E-state index in [1.165, 1.54) is 4.90 Å². The van der Waals surface area contributed by atoms with Crippen LogP contribution in [0.25, 0.3) is 0 Å². The highest BCUT2D eigenvalue weighted by Gasteiger charge is 2.43. The van der Waals surface area contributed by atoms with Crippen LogP contribution in [0.1, 0.15) is 35.2 Å². The summed E-state index contributed by atoms with van der Waals surface area (Å²) in [6, 6.07) is 12.5. The smallest absolute Gasteiger partial charge is 0.251 e. The normalized spacial score (nSPS) is 24.0. The van der Waals surface area contributed by atoms with Crippen molar-refractivity contribution in [3.8, 4) is 11.5 Å². The second kappa shape index (κ2) is 8.60. The van der Waals surface area contributed by atoms with Gasteiger partial charge in [-0.15, -0.1) is 11.6 Å². The molecule has 3 unspecified atom stereocenters. The maximum atomic E-state index is 13.2. The van der Waals surface area contributed by atoms with Crippen molar-refractivity contribution < 1.29 is 19.1 Å². The van der Waals surface area contributed by atoms with Gasteiger partial charge in [-0.1, -0.05) is 12.1 Å². The standard InChI is InChI=1S/C23H22ClN3O4S/c24-15-5-6-17-18(10-15)26-23(32)27(22(17)29)16-3-1-2-14(9-16)21(28)25-11-13-4-7-19-20(8-13)31-12-30-19/h1-4,7-9,15,17-18H,5-6,10-12H2,(H,25,28)(H,26,32). The predicted molar refractivity (Wildman–Crippen MR) is 124 cm³/mol. The Morgan fingerprint density at radius 1 is 1.19 bits per heavy atom. The third-order valence-corrected chi connectivity index (χ3v) is 6.79. The van der Waals surface area contributed by atoms with Crippen LogP contribution in [0, 0.1) is 5.92 Å². The Kier molecular flexibility index (Phi) is 5.65. The number of thiocarbonyl (C=S) groups is 1. The van der Waals surface area contributed by atoms with Gasteiger partial charge in [0.05, 0.1) is 11.6 Å². The number of alkyl halides is 1. The molecule has 0 bridgehead atoms. The van der Waals surface area contributed by atoms with E-state index in [2.05, 4.69) is 10.6 Å². The molecule has 2 aromatic rings. The summed E-state index contributed by atoms with van der Waals surface area (Å²) in [5, 5.41) is 6.59. The molecule has 3 atom stereocenters.